The third kappa shape index (κ3) is 4.35. The standard InChI is InChI=1S/C24H28N2O5/c1-8-23(4,5)30-22(28)19-14(2)11-17-20(19)16(13-26(7)21(17)27)9-10-24(6,29)18-12-15(3)31-25-18/h12-13,29H,8,11H2,1-7H3/t24-/m1/s1. The Kier molecular flexibility index (Phi) is 5.72. The number of carbonyl (C=O) groups excluding carboxylic acids is 1. The molecule has 0 radical (unpaired) electrons. The minimum Gasteiger partial charge on any atom is -0.456 e. The van der Waals surface area contributed by atoms with Crippen molar-refractivity contribution in [3.63, 3.8) is 0 Å². The van der Waals surface area contributed by atoms with Crippen LogP contribution in [0.25, 0.3) is 5.57 Å². The summed E-state index contributed by atoms with van der Waals surface area (Å²) >= 11 is 0. The second-order valence-electron chi connectivity index (χ2n) is 8.79. The van der Waals surface area contributed by atoms with E-state index < -0.39 is 17.2 Å². The highest BCUT2D eigenvalue weighted by Crippen LogP contribution is 2.35. The number of fused-ring (bicyclic) bond motifs is 1. The zero-order valence-electron chi connectivity index (χ0n) is 19.0. The molecular weight excluding hydrogens is 396 g/mol. The summed E-state index contributed by atoms with van der Waals surface area (Å²) in [6.45, 7) is 10.7. The molecule has 2 aromatic rings. The van der Waals surface area contributed by atoms with Gasteiger partial charge in [-0.05, 0) is 41.0 Å². The second-order valence-corrected chi connectivity index (χ2v) is 8.79. The first-order valence-corrected chi connectivity index (χ1v) is 10.2. The van der Waals surface area contributed by atoms with Crippen molar-refractivity contribution in [3.8, 4) is 11.8 Å². The van der Waals surface area contributed by atoms with E-state index in [1.165, 1.54) is 11.5 Å². The fourth-order valence-electron chi connectivity index (χ4n) is 3.41. The van der Waals surface area contributed by atoms with Gasteiger partial charge in [-0.25, -0.2) is 4.79 Å². The molecule has 2 heterocycles. The van der Waals surface area contributed by atoms with Gasteiger partial charge in [-0.15, -0.1) is 0 Å². The first-order chi connectivity index (χ1) is 14.4. The molecule has 1 aliphatic rings. The Balaban J connectivity index is 2.12. The molecule has 1 N–H and O–H groups in total. The van der Waals surface area contributed by atoms with Crippen molar-refractivity contribution < 1.29 is 19.2 Å². The molecule has 31 heavy (non-hydrogen) atoms. The number of esters is 1. The average Bonchev–Trinajstić information content (AvgIpc) is 3.27. The summed E-state index contributed by atoms with van der Waals surface area (Å²) in [4.78, 5) is 25.8. The van der Waals surface area contributed by atoms with Crippen LogP contribution in [0.3, 0.4) is 0 Å². The number of hydrogen-bond donors (Lipinski definition) is 1. The van der Waals surface area contributed by atoms with E-state index in [1.54, 1.807) is 26.2 Å². The molecule has 164 valence electrons. The Labute approximate surface area is 181 Å². The van der Waals surface area contributed by atoms with Crippen LogP contribution in [0.5, 0.6) is 0 Å². The zero-order valence-corrected chi connectivity index (χ0v) is 19.0. The first-order valence-electron chi connectivity index (χ1n) is 10.2. The number of rotatable bonds is 4. The summed E-state index contributed by atoms with van der Waals surface area (Å²) in [5.41, 5.74) is 0.492. The molecule has 3 rings (SSSR count). The number of carbonyl (C=O) groups is 1. The molecule has 0 saturated carbocycles. The van der Waals surface area contributed by atoms with E-state index in [2.05, 4.69) is 17.0 Å². The van der Waals surface area contributed by atoms with Crippen LogP contribution in [0.15, 0.2) is 27.2 Å². The van der Waals surface area contributed by atoms with Gasteiger partial charge in [0.2, 0.25) is 0 Å². The third-order valence-corrected chi connectivity index (χ3v) is 5.58. The Bertz CT molecular complexity index is 1200. The predicted molar refractivity (Wildman–Crippen MR) is 116 cm³/mol. The van der Waals surface area contributed by atoms with E-state index in [0.29, 0.717) is 40.9 Å². The number of aliphatic hydroxyl groups is 1. The van der Waals surface area contributed by atoms with Crippen LogP contribution >= 0.6 is 0 Å². The van der Waals surface area contributed by atoms with Gasteiger partial charge in [0.1, 0.15) is 17.1 Å². The molecule has 7 nitrogen and oxygen atoms in total. The van der Waals surface area contributed by atoms with Crippen LogP contribution in [-0.2, 0) is 28.6 Å². The highest BCUT2D eigenvalue weighted by atomic mass is 16.6. The number of allylic oxidation sites excluding steroid dienone is 1. The molecule has 0 spiro atoms. The van der Waals surface area contributed by atoms with Crippen molar-refractivity contribution in [2.75, 3.05) is 0 Å². The second kappa shape index (κ2) is 7.86. The van der Waals surface area contributed by atoms with Crippen LogP contribution in [-0.4, -0.2) is 26.4 Å². The molecule has 0 unspecified atom stereocenters. The molecule has 0 amide bonds. The molecule has 0 fully saturated rings. The maximum absolute atomic E-state index is 13.1. The van der Waals surface area contributed by atoms with Crippen LogP contribution < -0.4 is 5.56 Å². The molecule has 1 atom stereocenters. The van der Waals surface area contributed by atoms with Gasteiger partial charge in [-0.3, -0.25) is 4.79 Å². The largest absolute Gasteiger partial charge is 0.456 e. The fourth-order valence-corrected chi connectivity index (χ4v) is 3.41. The topological polar surface area (TPSA) is 94.6 Å². The third-order valence-electron chi connectivity index (χ3n) is 5.58. The summed E-state index contributed by atoms with van der Waals surface area (Å²) in [5.74, 6) is 5.85. The lowest BCUT2D eigenvalue weighted by atomic mass is 9.98. The van der Waals surface area contributed by atoms with E-state index in [-0.39, 0.29) is 11.3 Å². The molecule has 0 saturated heterocycles. The molecule has 0 aliphatic heterocycles. The van der Waals surface area contributed by atoms with Crippen molar-refractivity contribution in [1.82, 2.24) is 9.72 Å². The van der Waals surface area contributed by atoms with Gasteiger partial charge in [0.25, 0.3) is 5.56 Å². The van der Waals surface area contributed by atoms with Gasteiger partial charge < -0.3 is 18.9 Å². The van der Waals surface area contributed by atoms with E-state index in [4.69, 9.17) is 9.26 Å². The van der Waals surface area contributed by atoms with E-state index >= 15 is 0 Å². The average molecular weight is 424 g/mol. The molecule has 2 aromatic heterocycles. The maximum atomic E-state index is 13.1. The van der Waals surface area contributed by atoms with Crippen molar-refractivity contribution >= 4 is 11.5 Å². The molecular formula is C24H28N2O5. The summed E-state index contributed by atoms with van der Waals surface area (Å²) in [5, 5.41) is 14.6. The van der Waals surface area contributed by atoms with Gasteiger partial charge in [0.05, 0.1) is 5.57 Å². The zero-order chi connectivity index (χ0) is 23.1. The lowest BCUT2D eigenvalue weighted by Gasteiger charge is -2.24. The van der Waals surface area contributed by atoms with Crippen molar-refractivity contribution in [3.05, 3.63) is 56.3 Å². The van der Waals surface area contributed by atoms with Gasteiger partial charge >= 0.3 is 5.97 Å². The number of nitrogens with zero attached hydrogens (tertiary/aromatic N) is 2. The predicted octanol–water partition coefficient (Wildman–Crippen LogP) is 3.00. The molecule has 0 bridgehead atoms. The van der Waals surface area contributed by atoms with Crippen molar-refractivity contribution in [1.29, 1.82) is 0 Å². The van der Waals surface area contributed by atoms with E-state index in [9.17, 15) is 14.7 Å². The number of aromatic nitrogens is 2. The smallest absolute Gasteiger partial charge is 0.339 e. The van der Waals surface area contributed by atoms with Gasteiger partial charge in [-0.2, -0.15) is 0 Å². The van der Waals surface area contributed by atoms with Crippen LogP contribution in [0, 0.1) is 18.8 Å². The SMILES string of the molecule is CCC(C)(C)OC(=O)C1=C(C)Cc2c1c(C#C[C@@](C)(O)c1cc(C)on1)cn(C)c2=O. The Morgan fingerprint density at radius 3 is 2.61 bits per heavy atom. The summed E-state index contributed by atoms with van der Waals surface area (Å²) < 4.78 is 12.2. The molecule has 7 heteroatoms. The highest BCUT2D eigenvalue weighted by molar-refractivity contribution is 6.20. The Morgan fingerprint density at radius 2 is 2.03 bits per heavy atom. The minimum atomic E-state index is -1.57. The normalized spacial score (nSPS) is 15.2. The van der Waals surface area contributed by atoms with Crippen molar-refractivity contribution in [2.24, 2.45) is 7.05 Å². The fraction of sp³-hybridized carbons (Fsp3) is 0.458. The van der Waals surface area contributed by atoms with Crippen LogP contribution in [0.1, 0.15) is 69.2 Å². The number of ether oxygens (including phenoxy) is 1. The number of pyridine rings is 1. The minimum absolute atomic E-state index is 0.184. The number of aryl methyl sites for hydroxylation is 2. The lowest BCUT2D eigenvalue weighted by Crippen LogP contribution is -2.28. The Morgan fingerprint density at radius 1 is 1.35 bits per heavy atom. The maximum Gasteiger partial charge on any atom is 0.339 e. The quantitative estimate of drug-likeness (QED) is 0.599. The van der Waals surface area contributed by atoms with Crippen LogP contribution in [0.2, 0.25) is 0 Å². The van der Waals surface area contributed by atoms with Crippen molar-refractivity contribution in [2.45, 2.75) is 65.6 Å². The summed E-state index contributed by atoms with van der Waals surface area (Å²) in [6, 6.07) is 1.61. The van der Waals surface area contributed by atoms with E-state index in [0.717, 1.165) is 5.57 Å². The van der Waals surface area contributed by atoms with Gasteiger partial charge in [0.15, 0.2) is 5.60 Å². The van der Waals surface area contributed by atoms with Gasteiger partial charge in [0, 0.05) is 42.4 Å². The lowest BCUT2D eigenvalue weighted by molar-refractivity contribution is -0.149. The van der Waals surface area contributed by atoms with Crippen LogP contribution in [0.4, 0.5) is 0 Å². The first kappa shape index (κ1) is 22.6. The molecule has 1 aliphatic carbocycles. The highest BCUT2D eigenvalue weighted by Gasteiger charge is 2.33. The van der Waals surface area contributed by atoms with E-state index in [1.807, 2.05) is 27.7 Å². The summed E-state index contributed by atoms with van der Waals surface area (Å²) in [7, 11) is 1.64. The number of hydrogen-bond acceptors (Lipinski definition) is 6. The molecule has 0 aromatic carbocycles. The van der Waals surface area contributed by atoms with Gasteiger partial charge in [-0.1, -0.05) is 29.5 Å². The Hall–Kier alpha value is -3.11. The summed E-state index contributed by atoms with van der Waals surface area (Å²) in [6.07, 6.45) is 2.59. The monoisotopic (exact) mass is 424 g/mol.